The molecule has 15 heavy (non-hydrogen) atoms. The van der Waals surface area contributed by atoms with Gasteiger partial charge < -0.3 is 8.85 Å². The molecule has 0 radical (unpaired) electrons. The average molecular weight is 231 g/mol. The molecule has 0 saturated heterocycles. The lowest BCUT2D eigenvalue weighted by Crippen LogP contribution is -2.43. The molecule has 0 aliphatic carbocycles. The van der Waals surface area contributed by atoms with Gasteiger partial charge in [-0.3, -0.25) is 0 Å². The van der Waals surface area contributed by atoms with Gasteiger partial charge in [0.05, 0.1) is 6.54 Å². The van der Waals surface area contributed by atoms with Crippen molar-refractivity contribution in [2.75, 3.05) is 6.54 Å². The van der Waals surface area contributed by atoms with E-state index in [0.717, 1.165) is 0 Å². The Morgan fingerprint density at radius 1 is 1.20 bits per heavy atom. The molecule has 4 nitrogen and oxygen atoms in total. The first kappa shape index (κ1) is 14.5. The van der Waals surface area contributed by atoms with Crippen LogP contribution in [0.2, 0.25) is 12.6 Å². The highest BCUT2D eigenvalue weighted by Crippen LogP contribution is 2.18. The van der Waals surface area contributed by atoms with Crippen molar-refractivity contribution >= 4 is 14.6 Å². The Balaban J connectivity index is 4.32. The lowest BCUT2D eigenvalue weighted by molar-refractivity contribution is 0.110. The fourth-order valence-corrected chi connectivity index (χ4v) is 4.25. The molecule has 88 valence electrons. The summed E-state index contributed by atoms with van der Waals surface area (Å²) in [5, 5.41) is 0. The van der Waals surface area contributed by atoms with Crippen LogP contribution < -0.4 is 0 Å². The van der Waals surface area contributed by atoms with E-state index in [9.17, 15) is 4.79 Å². The molecule has 0 saturated carbocycles. The molecule has 0 heterocycles. The van der Waals surface area contributed by atoms with Gasteiger partial charge in [-0.2, -0.15) is 0 Å². The predicted molar refractivity (Wildman–Crippen MR) is 61.9 cm³/mol. The van der Waals surface area contributed by atoms with Crippen LogP contribution in [0.4, 0.5) is 0 Å². The summed E-state index contributed by atoms with van der Waals surface area (Å²) in [5.74, 6) is 0. The summed E-state index contributed by atoms with van der Waals surface area (Å²) in [6.07, 6.45) is 1.81. The second-order valence-corrected chi connectivity index (χ2v) is 7.43. The smallest absolute Gasteiger partial charge is 0.337 e. The van der Waals surface area contributed by atoms with E-state index in [4.69, 9.17) is 8.85 Å². The summed E-state index contributed by atoms with van der Waals surface area (Å²) in [6.45, 7) is 10.4. The quantitative estimate of drug-likeness (QED) is 0.383. The first-order valence-electron chi connectivity index (χ1n) is 5.29. The van der Waals surface area contributed by atoms with Gasteiger partial charge in [-0.05, 0) is 34.2 Å². The van der Waals surface area contributed by atoms with Crippen LogP contribution >= 0.6 is 0 Å². The van der Waals surface area contributed by atoms with E-state index in [-0.39, 0.29) is 12.2 Å². The molecule has 0 aliphatic rings. The van der Waals surface area contributed by atoms with E-state index in [0.29, 0.717) is 12.6 Å². The summed E-state index contributed by atoms with van der Waals surface area (Å²) in [6, 6.07) is 0.693. The molecule has 0 atom stereocenters. The number of aliphatic imine (C=N–C) groups is 1. The third-order valence-electron chi connectivity index (χ3n) is 1.71. The van der Waals surface area contributed by atoms with Crippen molar-refractivity contribution < 1.29 is 13.6 Å². The molecule has 0 N–H and O–H groups in total. The minimum Gasteiger partial charge on any atom is -0.392 e. The highest BCUT2D eigenvalue weighted by Gasteiger charge is 2.33. The molecular formula is C10H21NO3Si. The number of carbonyl (C=O) groups excluding carboxylic acids is 1. The van der Waals surface area contributed by atoms with Crippen molar-refractivity contribution in [2.45, 2.75) is 52.5 Å². The number of hydrogen-bond donors (Lipinski definition) is 0. The Morgan fingerprint density at radius 3 is 2.00 bits per heavy atom. The Kier molecular flexibility index (Phi) is 6.68. The van der Waals surface area contributed by atoms with Crippen molar-refractivity contribution in [3.8, 4) is 0 Å². The zero-order valence-electron chi connectivity index (χ0n) is 10.2. The van der Waals surface area contributed by atoms with Crippen molar-refractivity contribution in [3.63, 3.8) is 0 Å². The van der Waals surface area contributed by atoms with Gasteiger partial charge in [0.15, 0.2) is 0 Å². The number of isocyanates is 1. The highest BCUT2D eigenvalue weighted by atomic mass is 28.4. The Hall–Kier alpha value is -0.483. The molecule has 0 amide bonds. The van der Waals surface area contributed by atoms with Gasteiger partial charge in [0.2, 0.25) is 6.08 Å². The number of hydrogen-bond acceptors (Lipinski definition) is 4. The molecule has 0 unspecified atom stereocenters. The topological polar surface area (TPSA) is 47.9 Å². The fourth-order valence-electron chi connectivity index (χ4n) is 1.45. The van der Waals surface area contributed by atoms with E-state index in [1.807, 2.05) is 34.2 Å². The summed E-state index contributed by atoms with van der Waals surface area (Å²) >= 11 is 0. The van der Waals surface area contributed by atoms with E-state index in [1.165, 1.54) is 6.08 Å². The summed E-state index contributed by atoms with van der Waals surface area (Å²) < 4.78 is 11.6. The minimum absolute atomic E-state index is 0.139. The standard InChI is InChI=1S/C10H21NO3Si/c1-9(2)13-15(5,14-10(3)4)7-6-11-8-12/h9-10H,6-7H2,1-5H3. The van der Waals surface area contributed by atoms with Crippen LogP contribution in [0, 0.1) is 0 Å². The van der Waals surface area contributed by atoms with Crippen molar-refractivity contribution in [3.05, 3.63) is 0 Å². The molecule has 5 heteroatoms. The van der Waals surface area contributed by atoms with Crippen LogP contribution in [0.25, 0.3) is 0 Å². The maximum atomic E-state index is 9.98. The van der Waals surface area contributed by atoms with Gasteiger partial charge >= 0.3 is 8.56 Å². The van der Waals surface area contributed by atoms with Crippen LogP contribution in [0.3, 0.4) is 0 Å². The molecule has 0 aromatic heterocycles. The monoisotopic (exact) mass is 231 g/mol. The molecule has 0 fully saturated rings. The first-order chi connectivity index (χ1) is 6.89. The van der Waals surface area contributed by atoms with E-state index in [2.05, 4.69) is 4.99 Å². The maximum absolute atomic E-state index is 9.98. The molecular weight excluding hydrogens is 210 g/mol. The molecule has 0 aromatic carbocycles. The third kappa shape index (κ3) is 7.45. The maximum Gasteiger partial charge on any atom is 0.337 e. The lowest BCUT2D eigenvalue weighted by atomic mass is 10.5. The molecule has 0 rings (SSSR count). The fraction of sp³-hybridized carbons (Fsp3) is 0.900. The summed E-state index contributed by atoms with van der Waals surface area (Å²) in [7, 11) is -2.19. The Bertz CT molecular complexity index is 215. The molecule has 0 spiro atoms. The van der Waals surface area contributed by atoms with E-state index >= 15 is 0 Å². The van der Waals surface area contributed by atoms with Crippen LogP contribution in [0.15, 0.2) is 4.99 Å². The second-order valence-electron chi connectivity index (χ2n) is 4.19. The SMILES string of the molecule is CC(C)O[Si](C)(CCN=C=O)OC(C)C. The van der Waals surface area contributed by atoms with E-state index in [1.54, 1.807) is 0 Å². The molecule has 0 aliphatic heterocycles. The molecule has 0 aromatic rings. The highest BCUT2D eigenvalue weighted by molar-refractivity contribution is 6.66. The van der Waals surface area contributed by atoms with E-state index < -0.39 is 8.56 Å². The van der Waals surface area contributed by atoms with Crippen molar-refractivity contribution in [1.29, 1.82) is 0 Å². The van der Waals surface area contributed by atoms with Crippen LogP contribution in [-0.4, -0.2) is 33.4 Å². The van der Waals surface area contributed by atoms with Gasteiger partial charge in [0, 0.05) is 18.3 Å². The second kappa shape index (κ2) is 6.90. The predicted octanol–water partition coefficient (Wildman–Crippen LogP) is 2.24. The third-order valence-corrected chi connectivity index (χ3v) is 4.78. The lowest BCUT2D eigenvalue weighted by Gasteiger charge is -2.30. The summed E-state index contributed by atoms with van der Waals surface area (Å²) in [4.78, 5) is 13.5. The Morgan fingerprint density at radius 2 is 1.67 bits per heavy atom. The van der Waals surface area contributed by atoms with Crippen molar-refractivity contribution in [1.82, 2.24) is 0 Å². The van der Waals surface area contributed by atoms with Gasteiger partial charge in [-0.15, -0.1) is 0 Å². The van der Waals surface area contributed by atoms with Gasteiger partial charge in [-0.1, -0.05) is 0 Å². The largest absolute Gasteiger partial charge is 0.392 e. The zero-order valence-corrected chi connectivity index (χ0v) is 11.2. The van der Waals surface area contributed by atoms with Crippen molar-refractivity contribution in [2.24, 2.45) is 4.99 Å². The number of rotatable bonds is 7. The average Bonchev–Trinajstić information content (AvgIpc) is 2.00. The van der Waals surface area contributed by atoms with Gasteiger partial charge in [-0.25, -0.2) is 9.79 Å². The normalized spacial score (nSPS) is 11.9. The van der Waals surface area contributed by atoms with Crippen LogP contribution in [-0.2, 0) is 13.6 Å². The molecule has 0 bridgehead atoms. The summed E-state index contributed by atoms with van der Waals surface area (Å²) in [5.41, 5.74) is 0. The van der Waals surface area contributed by atoms with Crippen LogP contribution in [0.5, 0.6) is 0 Å². The zero-order chi connectivity index (χ0) is 11.9. The Labute approximate surface area is 92.9 Å². The minimum atomic E-state index is -2.19. The number of nitrogens with zero attached hydrogens (tertiary/aromatic N) is 1. The van der Waals surface area contributed by atoms with Gasteiger partial charge in [0.1, 0.15) is 0 Å². The van der Waals surface area contributed by atoms with Crippen LogP contribution in [0.1, 0.15) is 27.7 Å². The van der Waals surface area contributed by atoms with Gasteiger partial charge in [0.25, 0.3) is 0 Å². The first-order valence-corrected chi connectivity index (χ1v) is 7.81.